The highest BCUT2D eigenvalue weighted by molar-refractivity contribution is 6.04. The zero-order valence-electron chi connectivity index (χ0n) is 21.4. The van der Waals surface area contributed by atoms with Gasteiger partial charge in [0.25, 0.3) is 5.91 Å². The van der Waals surface area contributed by atoms with E-state index in [-0.39, 0.29) is 57.7 Å². The molecule has 210 valence electrons. The van der Waals surface area contributed by atoms with Crippen molar-refractivity contribution in [1.29, 1.82) is 0 Å². The quantitative estimate of drug-likeness (QED) is 0.267. The Kier molecular flexibility index (Phi) is 7.87. The zero-order chi connectivity index (χ0) is 29.4. The average molecular weight is 562 g/mol. The van der Waals surface area contributed by atoms with E-state index in [4.69, 9.17) is 4.74 Å². The zero-order valence-corrected chi connectivity index (χ0v) is 21.4. The van der Waals surface area contributed by atoms with Gasteiger partial charge >= 0.3 is 6.18 Å². The van der Waals surface area contributed by atoms with E-state index < -0.39 is 46.7 Å². The van der Waals surface area contributed by atoms with Gasteiger partial charge in [-0.25, -0.2) is 13.8 Å². The molecule has 0 saturated heterocycles. The number of benzene rings is 1. The predicted octanol–water partition coefficient (Wildman–Crippen LogP) is 5.19. The van der Waals surface area contributed by atoms with Crippen molar-refractivity contribution in [2.24, 2.45) is 0 Å². The second-order valence-corrected chi connectivity index (χ2v) is 9.08. The Balaban J connectivity index is 1.88. The molecule has 0 aliphatic rings. The molecule has 1 aromatic carbocycles. The van der Waals surface area contributed by atoms with E-state index >= 15 is 0 Å². The number of pyridine rings is 3. The lowest BCUT2D eigenvalue weighted by Gasteiger charge is -2.18. The molecule has 0 saturated carbocycles. The number of hydrogen-bond acceptors (Lipinski definition) is 6. The van der Waals surface area contributed by atoms with Gasteiger partial charge in [-0.2, -0.15) is 13.2 Å². The van der Waals surface area contributed by atoms with Crippen molar-refractivity contribution in [2.75, 3.05) is 6.54 Å². The average Bonchev–Trinajstić information content (AvgIpc) is 2.87. The lowest BCUT2D eigenvalue weighted by atomic mass is 10.0. The van der Waals surface area contributed by atoms with Gasteiger partial charge < -0.3 is 20.1 Å². The van der Waals surface area contributed by atoms with Crippen LogP contribution in [-0.2, 0) is 6.18 Å². The standard InChI is InChI=1S/C27H23F5N4O4/c1-12(37)6-8-34-25(39)24-22-17(7-9-33-24)36-18(10-19(22)38)21-13(2)15(27(30,31)32)11-35-26(21)40-20-5-4-16(28)23(29)14(20)3/h4-5,7,9-12,37H,6,8H2,1-3H3,(H,34,39)(H,36,38)/t12-/m0/s1. The van der Waals surface area contributed by atoms with Crippen molar-refractivity contribution < 1.29 is 36.6 Å². The fourth-order valence-corrected chi connectivity index (χ4v) is 4.09. The third-order valence-corrected chi connectivity index (χ3v) is 6.18. The number of nitrogens with one attached hydrogen (secondary N) is 2. The lowest BCUT2D eigenvalue weighted by Crippen LogP contribution is -2.28. The molecule has 0 bridgehead atoms. The summed E-state index contributed by atoms with van der Waals surface area (Å²) in [6.07, 6.45) is -3.42. The first kappa shape index (κ1) is 28.6. The summed E-state index contributed by atoms with van der Waals surface area (Å²) in [5.41, 5.74) is -2.94. The van der Waals surface area contributed by atoms with E-state index in [1.807, 2.05) is 0 Å². The lowest BCUT2D eigenvalue weighted by molar-refractivity contribution is -0.138. The first-order chi connectivity index (χ1) is 18.8. The number of aliphatic hydroxyl groups excluding tert-OH is 1. The van der Waals surface area contributed by atoms with Gasteiger partial charge in [-0.1, -0.05) is 0 Å². The Morgan fingerprint density at radius 1 is 1.15 bits per heavy atom. The fraction of sp³-hybridized carbons (Fsp3) is 0.259. The summed E-state index contributed by atoms with van der Waals surface area (Å²) < 4.78 is 74.7. The molecule has 1 atom stereocenters. The molecule has 3 heterocycles. The van der Waals surface area contributed by atoms with Gasteiger partial charge in [0.2, 0.25) is 5.88 Å². The first-order valence-corrected chi connectivity index (χ1v) is 12.0. The molecule has 13 heteroatoms. The van der Waals surface area contributed by atoms with Crippen molar-refractivity contribution >= 4 is 16.8 Å². The number of carbonyl (C=O) groups is 1. The van der Waals surface area contributed by atoms with Crippen LogP contribution in [0.15, 0.2) is 41.5 Å². The summed E-state index contributed by atoms with van der Waals surface area (Å²) in [5.74, 6) is -3.62. The Labute approximate surface area is 223 Å². The van der Waals surface area contributed by atoms with Crippen molar-refractivity contribution in [3.8, 4) is 22.9 Å². The van der Waals surface area contributed by atoms with Crippen LogP contribution in [0.5, 0.6) is 11.6 Å². The van der Waals surface area contributed by atoms with Crippen LogP contribution in [0.4, 0.5) is 22.0 Å². The molecule has 0 radical (unpaired) electrons. The number of rotatable bonds is 7. The largest absolute Gasteiger partial charge is 0.438 e. The number of aromatic nitrogens is 3. The van der Waals surface area contributed by atoms with Crippen LogP contribution in [0.2, 0.25) is 0 Å². The van der Waals surface area contributed by atoms with E-state index in [2.05, 4.69) is 20.3 Å². The first-order valence-electron chi connectivity index (χ1n) is 12.0. The Morgan fingerprint density at radius 3 is 2.55 bits per heavy atom. The highest BCUT2D eigenvalue weighted by atomic mass is 19.4. The summed E-state index contributed by atoms with van der Waals surface area (Å²) in [4.78, 5) is 36.5. The molecule has 4 rings (SSSR count). The number of carbonyl (C=O) groups excluding carboxylic acids is 1. The van der Waals surface area contributed by atoms with Gasteiger partial charge in [-0.3, -0.25) is 14.6 Å². The second kappa shape index (κ2) is 11.0. The van der Waals surface area contributed by atoms with Gasteiger partial charge in [0.05, 0.1) is 33.8 Å². The van der Waals surface area contributed by atoms with Crippen molar-refractivity contribution in [1.82, 2.24) is 20.3 Å². The molecular weight excluding hydrogens is 539 g/mol. The molecule has 0 fully saturated rings. The SMILES string of the molecule is Cc1c(Oc2ncc(C(F)(F)F)c(C)c2-c2cc(=O)c3c(C(=O)NCC[C@H](C)O)nccc3[nH]2)ccc(F)c1F. The number of ether oxygens (including phenoxy) is 1. The maximum absolute atomic E-state index is 14.1. The summed E-state index contributed by atoms with van der Waals surface area (Å²) in [6.45, 7) is 4.04. The molecule has 1 amide bonds. The summed E-state index contributed by atoms with van der Waals surface area (Å²) in [5, 5.41) is 11.8. The van der Waals surface area contributed by atoms with Gasteiger partial charge in [-0.15, -0.1) is 0 Å². The van der Waals surface area contributed by atoms with Crippen molar-refractivity contribution in [2.45, 2.75) is 39.5 Å². The number of fused-ring (bicyclic) bond motifs is 1. The number of halogens is 5. The Bertz CT molecular complexity index is 1670. The third kappa shape index (κ3) is 5.64. The highest BCUT2D eigenvalue weighted by Gasteiger charge is 2.35. The number of alkyl halides is 3. The molecular formula is C27H23F5N4O4. The molecule has 4 aromatic rings. The van der Waals surface area contributed by atoms with Crippen LogP contribution < -0.4 is 15.5 Å². The summed E-state index contributed by atoms with van der Waals surface area (Å²) in [6, 6.07) is 4.24. The van der Waals surface area contributed by atoms with E-state index in [1.54, 1.807) is 6.92 Å². The molecule has 0 spiro atoms. The van der Waals surface area contributed by atoms with Gasteiger partial charge in [0, 0.05) is 30.6 Å². The van der Waals surface area contributed by atoms with E-state index in [9.17, 15) is 36.6 Å². The van der Waals surface area contributed by atoms with E-state index in [0.717, 1.165) is 25.1 Å². The maximum Gasteiger partial charge on any atom is 0.418 e. The molecule has 0 aliphatic heterocycles. The number of amides is 1. The number of aromatic amines is 1. The molecule has 40 heavy (non-hydrogen) atoms. The molecule has 8 nitrogen and oxygen atoms in total. The minimum atomic E-state index is -4.80. The minimum Gasteiger partial charge on any atom is -0.438 e. The van der Waals surface area contributed by atoms with E-state index in [0.29, 0.717) is 6.20 Å². The van der Waals surface area contributed by atoms with Gasteiger partial charge in [0.1, 0.15) is 11.4 Å². The third-order valence-electron chi connectivity index (χ3n) is 6.18. The second-order valence-electron chi connectivity index (χ2n) is 9.08. The van der Waals surface area contributed by atoms with Gasteiger partial charge in [-0.05, 0) is 51.0 Å². The number of aliphatic hydroxyl groups is 1. The van der Waals surface area contributed by atoms with Crippen LogP contribution >= 0.6 is 0 Å². The van der Waals surface area contributed by atoms with Crippen LogP contribution in [0.25, 0.3) is 22.2 Å². The smallest absolute Gasteiger partial charge is 0.418 e. The van der Waals surface area contributed by atoms with Crippen LogP contribution in [0.1, 0.15) is 40.5 Å². The van der Waals surface area contributed by atoms with E-state index in [1.165, 1.54) is 19.2 Å². The number of hydrogen-bond donors (Lipinski definition) is 3. The van der Waals surface area contributed by atoms with Crippen LogP contribution in [0, 0.1) is 25.5 Å². The monoisotopic (exact) mass is 562 g/mol. The number of H-pyrrole nitrogens is 1. The molecule has 0 aliphatic carbocycles. The summed E-state index contributed by atoms with van der Waals surface area (Å²) in [7, 11) is 0. The highest BCUT2D eigenvalue weighted by Crippen LogP contribution is 2.41. The van der Waals surface area contributed by atoms with Crippen molar-refractivity contribution in [3.05, 3.63) is 80.9 Å². The molecule has 3 N–H and O–H groups in total. The topological polar surface area (TPSA) is 117 Å². The Morgan fingerprint density at radius 2 is 1.88 bits per heavy atom. The van der Waals surface area contributed by atoms with Crippen LogP contribution in [-0.4, -0.2) is 38.6 Å². The van der Waals surface area contributed by atoms with Gasteiger partial charge in [0.15, 0.2) is 17.1 Å². The van der Waals surface area contributed by atoms with Crippen LogP contribution in [0.3, 0.4) is 0 Å². The molecule has 0 unspecified atom stereocenters. The normalized spacial score (nSPS) is 12.4. The minimum absolute atomic E-state index is 0.0879. The predicted molar refractivity (Wildman–Crippen MR) is 135 cm³/mol. The fourth-order valence-electron chi connectivity index (χ4n) is 4.09. The molecule has 3 aromatic heterocycles. The Hall–Kier alpha value is -4.39. The maximum atomic E-state index is 14.1. The summed E-state index contributed by atoms with van der Waals surface area (Å²) >= 11 is 0. The van der Waals surface area contributed by atoms with Crippen molar-refractivity contribution in [3.63, 3.8) is 0 Å². The number of nitrogens with zero attached hydrogens (tertiary/aromatic N) is 2.